The molecule has 1 N–H and O–H groups in total. The summed E-state index contributed by atoms with van der Waals surface area (Å²) in [4.78, 5) is 7.01. The highest BCUT2D eigenvalue weighted by Crippen LogP contribution is 2.25. The minimum atomic E-state index is 0.720. The van der Waals surface area contributed by atoms with Crippen molar-refractivity contribution in [1.29, 1.82) is 0 Å². The molecule has 18 heavy (non-hydrogen) atoms. The summed E-state index contributed by atoms with van der Waals surface area (Å²) in [5.41, 5.74) is 1.19. The Balaban J connectivity index is 1.90. The molecule has 3 nitrogen and oxygen atoms in total. The van der Waals surface area contributed by atoms with Crippen LogP contribution in [-0.4, -0.2) is 35.1 Å². The van der Waals surface area contributed by atoms with Gasteiger partial charge in [0.2, 0.25) is 0 Å². The monoisotopic (exact) mass is 247 g/mol. The normalized spacial score (nSPS) is 23.7. The van der Waals surface area contributed by atoms with Gasteiger partial charge in [0.05, 0.1) is 5.69 Å². The molecule has 0 aromatic carbocycles. The maximum atomic E-state index is 4.44. The van der Waals surface area contributed by atoms with Gasteiger partial charge >= 0.3 is 0 Å². The first-order chi connectivity index (χ1) is 8.83. The Hall–Kier alpha value is -0.930. The molecule has 0 radical (unpaired) electrons. The molecule has 1 aliphatic carbocycles. The lowest BCUT2D eigenvalue weighted by molar-refractivity contribution is 0.195. The fourth-order valence-electron chi connectivity index (χ4n) is 2.96. The van der Waals surface area contributed by atoms with Crippen LogP contribution in [0.2, 0.25) is 0 Å². The molecule has 2 unspecified atom stereocenters. The number of hydrogen-bond acceptors (Lipinski definition) is 3. The molecule has 100 valence electrons. The first-order valence-electron chi connectivity index (χ1n) is 7.20. The molecule has 1 aliphatic rings. The van der Waals surface area contributed by atoms with E-state index in [4.69, 9.17) is 0 Å². The molecular formula is C15H25N3. The van der Waals surface area contributed by atoms with E-state index in [1.807, 2.05) is 12.3 Å². The third-order valence-electron chi connectivity index (χ3n) is 3.91. The molecule has 0 aliphatic heterocycles. The molecular weight excluding hydrogens is 222 g/mol. The van der Waals surface area contributed by atoms with Crippen LogP contribution in [0.15, 0.2) is 24.4 Å². The van der Waals surface area contributed by atoms with E-state index in [0.29, 0.717) is 0 Å². The van der Waals surface area contributed by atoms with Crippen molar-refractivity contribution in [3.05, 3.63) is 30.1 Å². The van der Waals surface area contributed by atoms with Gasteiger partial charge in [0, 0.05) is 24.8 Å². The summed E-state index contributed by atoms with van der Waals surface area (Å²) in [5.74, 6) is 0. The van der Waals surface area contributed by atoms with Crippen molar-refractivity contribution in [3.8, 4) is 0 Å². The highest BCUT2D eigenvalue weighted by atomic mass is 15.2. The van der Waals surface area contributed by atoms with Crippen LogP contribution in [0.5, 0.6) is 0 Å². The van der Waals surface area contributed by atoms with Gasteiger partial charge < -0.3 is 5.32 Å². The summed E-state index contributed by atoms with van der Waals surface area (Å²) in [7, 11) is 0. The second-order valence-electron chi connectivity index (χ2n) is 5.11. The highest BCUT2D eigenvalue weighted by molar-refractivity contribution is 5.04. The smallest absolute Gasteiger partial charge is 0.0544 e. The lowest BCUT2D eigenvalue weighted by atomic mass is 10.2. The van der Waals surface area contributed by atoms with E-state index in [0.717, 1.165) is 31.7 Å². The molecule has 0 saturated heterocycles. The Kier molecular flexibility index (Phi) is 5.14. The van der Waals surface area contributed by atoms with Crippen LogP contribution in [0.1, 0.15) is 38.8 Å². The third-order valence-corrected chi connectivity index (χ3v) is 3.91. The summed E-state index contributed by atoms with van der Waals surface area (Å²) >= 11 is 0. The average molecular weight is 247 g/mol. The molecule has 0 amide bonds. The Morgan fingerprint density at radius 1 is 1.33 bits per heavy atom. The lowest BCUT2D eigenvalue weighted by Crippen LogP contribution is -2.35. The molecule has 2 atom stereocenters. The molecule has 1 heterocycles. The SMILES string of the molecule is CCNC1CCC(N(CC)Cc2ccccn2)C1. The molecule has 2 rings (SSSR count). The number of nitrogens with zero attached hydrogens (tertiary/aromatic N) is 2. The van der Waals surface area contributed by atoms with Crippen LogP contribution in [0.3, 0.4) is 0 Å². The van der Waals surface area contributed by atoms with Gasteiger partial charge in [-0.3, -0.25) is 9.88 Å². The van der Waals surface area contributed by atoms with Crippen LogP contribution in [-0.2, 0) is 6.54 Å². The maximum Gasteiger partial charge on any atom is 0.0544 e. The number of nitrogens with one attached hydrogen (secondary N) is 1. The van der Waals surface area contributed by atoms with Gasteiger partial charge in [0.1, 0.15) is 0 Å². The fraction of sp³-hybridized carbons (Fsp3) is 0.667. The molecule has 1 fully saturated rings. The van der Waals surface area contributed by atoms with Crippen LogP contribution < -0.4 is 5.32 Å². The Bertz CT molecular complexity index is 339. The van der Waals surface area contributed by atoms with Gasteiger partial charge in [-0.15, -0.1) is 0 Å². The predicted octanol–water partition coefficient (Wildman–Crippen LogP) is 2.43. The number of aromatic nitrogens is 1. The lowest BCUT2D eigenvalue weighted by Gasteiger charge is -2.27. The van der Waals surface area contributed by atoms with Crippen molar-refractivity contribution in [2.75, 3.05) is 13.1 Å². The zero-order valence-electron chi connectivity index (χ0n) is 11.6. The first kappa shape index (κ1) is 13.5. The second kappa shape index (κ2) is 6.86. The van der Waals surface area contributed by atoms with Crippen LogP contribution >= 0.6 is 0 Å². The van der Waals surface area contributed by atoms with Gasteiger partial charge in [-0.1, -0.05) is 19.9 Å². The van der Waals surface area contributed by atoms with Crippen LogP contribution in [0.25, 0.3) is 0 Å². The van der Waals surface area contributed by atoms with Crippen molar-refractivity contribution in [1.82, 2.24) is 15.2 Å². The molecule has 1 saturated carbocycles. The second-order valence-corrected chi connectivity index (χ2v) is 5.11. The number of pyridine rings is 1. The van der Waals surface area contributed by atoms with E-state index in [1.165, 1.54) is 25.0 Å². The Morgan fingerprint density at radius 2 is 2.22 bits per heavy atom. The zero-order chi connectivity index (χ0) is 12.8. The van der Waals surface area contributed by atoms with Gasteiger partial charge in [-0.05, 0) is 44.5 Å². The minimum absolute atomic E-state index is 0.720. The van der Waals surface area contributed by atoms with Gasteiger partial charge in [-0.25, -0.2) is 0 Å². The summed E-state index contributed by atoms with van der Waals surface area (Å²) in [5, 5.41) is 3.57. The summed E-state index contributed by atoms with van der Waals surface area (Å²) in [6.45, 7) is 7.63. The van der Waals surface area contributed by atoms with E-state index in [1.54, 1.807) is 0 Å². The van der Waals surface area contributed by atoms with Crippen LogP contribution in [0.4, 0.5) is 0 Å². The van der Waals surface area contributed by atoms with E-state index in [-0.39, 0.29) is 0 Å². The summed E-state index contributed by atoms with van der Waals surface area (Å²) in [6.07, 6.45) is 5.81. The Labute approximate surface area is 111 Å². The number of hydrogen-bond donors (Lipinski definition) is 1. The van der Waals surface area contributed by atoms with Crippen molar-refractivity contribution in [3.63, 3.8) is 0 Å². The van der Waals surface area contributed by atoms with E-state index < -0.39 is 0 Å². The largest absolute Gasteiger partial charge is 0.314 e. The van der Waals surface area contributed by atoms with Crippen molar-refractivity contribution >= 4 is 0 Å². The Morgan fingerprint density at radius 3 is 2.89 bits per heavy atom. The number of rotatable bonds is 6. The zero-order valence-corrected chi connectivity index (χ0v) is 11.6. The predicted molar refractivity (Wildman–Crippen MR) is 75.4 cm³/mol. The molecule has 1 aromatic heterocycles. The van der Waals surface area contributed by atoms with E-state index >= 15 is 0 Å². The maximum absolute atomic E-state index is 4.44. The molecule has 0 bridgehead atoms. The highest BCUT2D eigenvalue weighted by Gasteiger charge is 2.28. The third kappa shape index (κ3) is 3.53. The van der Waals surface area contributed by atoms with Gasteiger partial charge in [0.15, 0.2) is 0 Å². The van der Waals surface area contributed by atoms with Crippen LogP contribution in [0, 0.1) is 0 Å². The fourth-order valence-corrected chi connectivity index (χ4v) is 2.96. The summed E-state index contributed by atoms with van der Waals surface area (Å²) in [6, 6.07) is 7.63. The van der Waals surface area contributed by atoms with Crippen molar-refractivity contribution in [2.24, 2.45) is 0 Å². The quantitative estimate of drug-likeness (QED) is 0.837. The molecule has 3 heteroatoms. The van der Waals surface area contributed by atoms with Crippen molar-refractivity contribution < 1.29 is 0 Å². The topological polar surface area (TPSA) is 28.2 Å². The van der Waals surface area contributed by atoms with Crippen molar-refractivity contribution in [2.45, 2.75) is 51.7 Å². The average Bonchev–Trinajstić information content (AvgIpc) is 2.86. The van der Waals surface area contributed by atoms with Gasteiger partial charge in [-0.2, -0.15) is 0 Å². The van der Waals surface area contributed by atoms with Gasteiger partial charge in [0.25, 0.3) is 0 Å². The van der Waals surface area contributed by atoms with E-state index in [9.17, 15) is 0 Å². The first-order valence-corrected chi connectivity index (χ1v) is 7.20. The minimum Gasteiger partial charge on any atom is -0.314 e. The standard InChI is InChI=1S/C15H25N3/c1-3-16-13-8-9-15(11-13)18(4-2)12-14-7-5-6-10-17-14/h5-7,10,13,15-16H,3-4,8-9,11-12H2,1-2H3. The molecule has 1 aromatic rings. The summed E-state index contributed by atoms with van der Waals surface area (Å²) < 4.78 is 0. The molecule has 0 spiro atoms. The van der Waals surface area contributed by atoms with E-state index in [2.05, 4.69) is 41.2 Å².